The lowest BCUT2D eigenvalue weighted by molar-refractivity contribution is -0.140. The van der Waals surface area contributed by atoms with E-state index in [1.165, 1.54) is 77.8 Å². The third-order valence-electron chi connectivity index (χ3n) is 7.16. The van der Waals surface area contributed by atoms with Crippen molar-refractivity contribution in [3.8, 4) is 0 Å². The van der Waals surface area contributed by atoms with Gasteiger partial charge in [-0.3, -0.25) is 4.79 Å². The zero-order valence-electron chi connectivity index (χ0n) is 16.6. The van der Waals surface area contributed by atoms with E-state index >= 15 is 0 Å². The van der Waals surface area contributed by atoms with Crippen LogP contribution < -0.4 is 0 Å². The number of hydrogen-bond acceptors (Lipinski definition) is 3. The molecule has 3 rings (SSSR count). The van der Waals surface area contributed by atoms with Crippen molar-refractivity contribution in [3.63, 3.8) is 0 Å². The minimum absolute atomic E-state index is 0.246. The molecule has 3 saturated heterocycles. The molecule has 0 N–H and O–H groups in total. The third-order valence-corrected chi connectivity index (χ3v) is 7.16. The molecule has 0 aromatic carbocycles. The van der Waals surface area contributed by atoms with Crippen LogP contribution in [0.5, 0.6) is 0 Å². The summed E-state index contributed by atoms with van der Waals surface area (Å²) in [6.07, 6.45) is 9.89. The molecule has 3 aliphatic heterocycles. The van der Waals surface area contributed by atoms with Crippen molar-refractivity contribution >= 4 is 5.91 Å². The van der Waals surface area contributed by atoms with Crippen molar-refractivity contribution in [3.05, 3.63) is 0 Å². The minimum Gasteiger partial charge on any atom is -0.342 e. The highest BCUT2D eigenvalue weighted by molar-refractivity contribution is 5.78. The molecule has 0 aromatic rings. The van der Waals surface area contributed by atoms with Gasteiger partial charge in [0.1, 0.15) is 0 Å². The number of amides is 1. The summed E-state index contributed by atoms with van der Waals surface area (Å²) in [6.45, 7) is 13.9. The third kappa shape index (κ3) is 4.77. The Bertz CT molecular complexity index is 421. The first-order valence-corrected chi connectivity index (χ1v) is 10.9. The van der Waals surface area contributed by atoms with Crippen LogP contribution in [0.3, 0.4) is 0 Å². The van der Waals surface area contributed by atoms with Crippen LogP contribution in [-0.4, -0.2) is 73.0 Å². The largest absolute Gasteiger partial charge is 0.342 e. The number of likely N-dealkylation sites (tertiary alicyclic amines) is 3. The summed E-state index contributed by atoms with van der Waals surface area (Å²) < 4.78 is 0. The topological polar surface area (TPSA) is 26.8 Å². The fraction of sp³-hybridized carbons (Fsp3) is 0.952. The quantitative estimate of drug-likeness (QED) is 0.737. The van der Waals surface area contributed by atoms with Gasteiger partial charge < -0.3 is 14.7 Å². The zero-order valence-corrected chi connectivity index (χ0v) is 16.6. The Balaban J connectivity index is 1.47. The van der Waals surface area contributed by atoms with Gasteiger partial charge in [-0.15, -0.1) is 0 Å². The van der Waals surface area contributed by atoms with Crippen LogP contribution in [0, 0.1) is 11.3 Å². The molecule has 144 valence electrons. The first-order chi connectivity index (χ1) is 12.2. The monoisotopic (exact) mass is 349 g/mol. The van der Waals surface area contributed by atoms with Crippen LogP contribution in [0.4, 0.5) is 0 Å². The Labute approximate surface area is 154 Å². The van der Waals surface area contributed by atoms with E-state index in [-0.39, 0.29) is 5.92 Å². The summed E-state index contributed by atoms with van der Waals surface area (Å²) in [7, 11) is 0. The fourth-order valence-corrected chi connectivity index (χ4v) is 5.24. The van der Waals surface area contributed by atoms with Crippen LogP contribution in [-0.2, 0) is 4.79 Å². The lowest BCUT2D eigenvalue weighted by Crippen LogP contribution is -2.52. The van der Waals surface area contributed by atoms with E-state index in [1.54, 1.807) is 0 Å². The average molecular weight is 350 g/mol. The second kappa shape index (κ2) is 8.85. The van der Waals surface area contributed by atoms with E-state index < -0.39 is 0 Å². The standard InChI is InChI=1S/C21H39N3O/c1-3-19(4-2)20(25)24-13-7-8-21(18-24)9-14-23(15-10-21)17-16-22-11-5-6-12-22/h19H,3-18H2,1-2H3. The van der Waals surface area contributed by atoms with E-state index in [4.69, 9.17) is 0 Å². The van der Waals surface area contributed by atoms with Gasteiger partial charge in [0.2, 0.25) is 5.91 Å². The average Bonchev–Trinajstić information content (AvgIpc) is 3.16. The first kappa shape index (κ1) is 19.2. The zero-order chi connectivity index (χ0) is 17.7. The molecular formula is C21H39N3O. The van der Waals surface area contributed by atoms with Crippen LogP contribution in [0.25, 0.3) is 0 Å². The van der Waals surface area contributed by atoms with Crippen molar-refractivity contribution in [1.29, 1.82) is 0 Å². The van der Waals surface area contributed by atoms with Gasteiger partial charge in [0, 0.05) is 32.1 Å². The van der Waals surface area contributed by atoms with Crippen molar-refractivity contribution in [2.75, 3.05) is 52.4 Å². The molecule has 3 aliphatic rings. The van der Waals surface area contributed by atoms with E-state index in [9.17, 15) is 4.79 Å². The van der Waals surface area contributed by atoms with Gasteiger partial charge in [-0.2, -0.15) is 0 Å². The second-order valence-corrected chi connectivity index (χ2v) is 8.77. The van der Waals surface area contributed by atoms with Gasteiger partial charge >= 0.3 is 0 Å². The fourth-order valence-electron chi connectivity index (χ4n) is 5.24. The highest BCUT2D eigenvalue weighted by Gasteiger charge is 2.40. The number of hydrogen-bond donors (Lipinski definition) is 0. The summed E-state index contributed by atoms with van der Waals surface area (Å²) in [6, 6.07) is 0. The van der Waals surface area contributed by atoms with Crippen molar-refractivity contribution in [1.82, 2.24) is 14.7 Å². The molecule has 3 heterocycles. The molecule has 0 aromatic heterocycles. The molecule has 1 amide bonds. The van der Waals surface area contributed by atoms with Gasteiger partial charge in [0.15, 0.2) is 0 Å². The smallest absolute Gasteiger partial charge is 0.225 e. The van der Waals surface area contributed by atoms with E-state index in [0.29, 0.717) is 11.3 Å². The number of rotatable bonds is 6. The molecule has 0 unspecified atom stereocenters. The first-order valence-electron chi connectivity index (χ1n) is 10.9. The molecule has 25 heavy (non-hydrogen) atoms. The van der Waals surface area contributed by atoms with Crippen molar-refractivity contribution < 1.29 is 4.79 Å². The molecule has 0 saturated carbocycles. The van der Waals surface area contributed by atoms with Crippen molar-refractivity contribution in [2.45, 2.75) is 65.2 Å². The Morgan fingerprint density at radius 1 is 0.840 bits per heavy atom. The van der Waals surface area contributed by atoms with Gasteiger partial charge in [-0.05, 0) is 83.0 Å². The molecule has 0 bridgehead atoms. The van der Waals surface area contributed by atoms with Crippen LogP contribution in [0.2, 0.25) is 0 Å². The number of carbonyl (C=O) groups is 1. The lowest BCUT2D eigenvalue weighted by Gasteiger charge is -2.48. The predicted octanol–water partition coefficient (Wildman–Crippen LogP) is 3.22. The van der Waals surface area contributed by atoms with E-state index in [2.05, 4.69) is 28.5 Å². The van der Waals surface area contributed by atoms with Crippen LogP contribution in [0.1, 0.15) is 65.2 Å². The van der Waals surface area contributed by atoms with Crippen LogP contribution >= 0.6 is 0 Å². The number of carbonyl (C=O) groups excluding carboxylic acids is 1. The summed E-state index contributed by atoms with van der Waals surface area (Å²) >= 11 is 0. The molecule has 1 spiro atoms. The van der Waals surface area contributed by atoms with E-state index in [1.807, 2.05) is 0 Å². The normalized spacial score (nSPS) is 25.2. The Hall–Kier alpha value is -0.610. The summed E-state index contributed by atoms with van der Waals surface area (Å²) in [5.74, 6) is 0.677. The van der Waals surface area contributed by atoms with Crippen molar-refractivity contribution in [2.24, 2.45) is 11.3 Å². The van der Waals surface area contributed by atoms with Gasteiger partial charge in [-0.25, -0.2) is 0 Å². The summed E-state index contributed by atoms with van der Waals surface area (Å²) in [5, 5.41) is 0. The lowest BCUT2D eigenvalue weighted by atomic mass is 9.72. The minimum atomic E-state index is 0.246. The van der Waals surface area contributed by atoms with Gasteiger partial charge in [0.25, 0.3) is 0 Å². The maximum absolute atomic E-state index is 12.8. The van der Waals surface area contributed by atoms with Gasteiger partial charge in [-0.1, -0.05) is 13.8 Å². The molecule has 0 atom stereocenters. The molecule has 0 radical (unpaired) electrons. The molecule has 0 aliphatic carbocycles. The molecule has 4 heteroatoms. The SMILES string of the molecule is CCC(CC)C(=O)N1CCCC2(CCN(CCN3CCCC3)CC2)C1. The summed E-state index contributed by atoms with van der Waals surface area (Å²) in [5.41, 5.74) is 0.421. The molecular weight excluding hydrogens is 310 g/mol. The second-order valence-electron chi connectivity index (χ2n) is 8.77. The molecule has 4 nitrogen and oxygen atoms in total. The Morgan fingerprint density at radius 3 is 2.04 bits per heavy atom. The maximum atomic E-state index is 12.8. The molecule has 3 fully saturated rings. The number of piperidine rings is 2. The highest BCUT2D eigenvalue weighted by atomic mass is 16.2. The predicted molar refractivity (Wildman–Crippen MR) is 104 cm³/mol. The van der Waals surface area contributed by atoms with E-state index in [0.717, 1.165) is 25.9 Å². The Morgan fingerprint density at radius 2 is 1.44 bits per heavy atom. The Kier molecular flexibility index (Phi) is 6.79. The number of nitrogens with zero attached hydrogens (tertiary/aromatic N) is 3. The maximum Gasteiger partial charge on any atom is 0.225 e. The van der Waals surface area contributed by atoms with Gasteiger partial charge in [0.05, 0.1) is 0 Å². The highest BCUT2D eigenvalue weighted by Crippen LogP contribution is 2.40. The summed E-state index contributed by atoms with van der Waals surface area (Å²) in [4.78, 5) is 20.3. The van der Waals surface area contributed by atoms with Crippen LogP contribution in [0.15, 0.2) is 0 Å².